The minimum atomic E-state index is -0.287. The van der Waals surface area contributed by atoms with Crippen molar-refractivity contribution < 1.29 is 4.39 Å². The second-order valence-electron chi connectivity index (χ2n) is 6.61. The van der Waals surface area contributed by atoms with Gasteiger partial charge in [-0.2, -0.15) is 0 Å². The predicted molar refractivity (Wildman–Crippen MR) is 81.7 cm³/mol. The first-order valence-corrected chi connectivity index (χ1v) is 8.23. The first-order chi connectivity index (χ1) is 9.69. The Kier molecular flexibility index (Phi) is 4.32. The third-order valence-corrected chi connectivity index (χ3v) is 5.28. The highest BCUT2D eigenvalue weighted by Crippen LogP contribution is 2.41. The monoisotopic (exact) mass is 295 g/mol. The van der Waals surface area contributed by atoms with Gasteiger partial charge in [-0.25, -0.2) is 4.39 Å². The summed E-state index contributed by atoms with van der Waals surface area (Å²) in [5.74, 6) is -0.287. The van der Waals surface area contributed by atoms with Gasteiger partial charge in [0.2, 0.25) is 0 Å². The number of benzene rings is 1. The molecule has 3 heteroatoms. The van der Waals surface area contributed by atoms with E-state index in [1.807, 2.05) is 6.07 Å². The van der Waals surface area contributed by atoms with E-state index in [4.69, 9.17) is 11.6 Å². The molecule has 0 heterocycles. The zero-order valence-electron chi connectivity index (χ0n) is 11.9. The van der Waals surface area contributed by atoms with Gasteiger partial charge in [-0.1, -0.05) is 43.0 Å². The lowest BCUT2D eigenvalue weighted by Crippen LogP contribution is -2.39. The first-order valence-electron chi connectivity index (χ1n) is 7.85. The Morgan fingerprint density at radius 3 is 2.65 bits per heavy atom. The molecule has 0 radical (unpaired) electrons. The van der Waals surface area contributed by atoms with Crippen molar-refractivity contribution in [1.29, 1.82) is 0 Å². The molecule has 3 rings (SSSR count). The van der Waals surface area contributed by atoms with E-state index in [1.54, 1.807) is 6.07 Å². The normalized spacial score (nSPS) is 21.9. The molecule has 0 amide bonds. The van der Waals surface area contributed by atoms with Crippen molar-refractivity contribution in [2.24, 2.45) is 5.41 Å². The van der Waals surface area contributed by atoms with Gasteiger partial charge in [0, 0.05) is 12.6 Å². The minimum Gasteiger partial charge on any atom is -0.313 e. The standard InChI is InChI=1S/C17H23ClFN/c18-16-13(5-4-6-15(16)19)11-17(9-2-1-3-10-17)12-20-14-7-8-14/h4-6,14,20H,1-3,7-12H2. The van der Waals surface area contributed by atoms with E-state index in [2.05, 4.69) is 5.32 Å². The Labute approximate surface area is 125 Å². The summed E-state index contributed by atoms with van der Waals surface area (Å²) in [6, 6.07) is 5.94. The van der Waals surface area contributed by atoms with Crippen molar-refractivity contribution in [3.05, 3.63) is 34.6 Å². The van der Waals surface area contributed by atoms with Crippen LogP contribution in [-0.4, -0.2) is 12.6 Å². The Bertz CT molecular complexity index is 464. The number of hydrogen-bond acceptors (Lipinski definition) is 1. The Hall–Kier alpha value is -0.600. The topological polar surface area (TPSA) is 12.0 Å². The minimum absolute atomic E-state index is 0.276. The lowest BCUT2D eigenvalue weighted by Gasteiger charge is -2.38. The quantitative estimate of drug-likeness (QED) is 0.828. The third kappa shape index (κ3) is 3.35. The number of halogens is 2. The molecule has 0 saturated heterocycles. The summed E-state index contributed by atoms with van der Waals surface area (Å²) in [5.41, 5.74) is 1.25. The summed E-state index contributed by atoms with van der Waals surface area (Å²) < 4.78 is 13.6. The van der Waals surface area contributed by atoms with Crippen LogP contribution in [0.2, 0.25) is 5.02 Å². The molecule has 0 aromatic heterocycles. The van der Waals surface area contributed by atoms with E-state index >= 15 is 0 Å². The summed E-state index contributed by atoms with van der Waals surface area (Å²) in [6.07, 6.45) is 9.93. The molecule has 1 N–H and O–H groups in total. The lowest BCUT2D eigenvalue weighted by atomic mass is 9.70. The fraction of sp³-hybridized carbons (Fsp3) is 0.647. The third-order valence-electron chi connectivity index (χ3n) is 4.85. The summed E-state index contributed by atoms with van der Waals surface area (Å²) in [5, 5.41) is 4.01. The molecule has 20 heavy (non-hydrogen) atoms. The smallest absolute Gasteiger partial charge is 0.142 e. The molecule has 110 valence electrons. The highest BCUT2D eigenvalue weighted by molar-refractivity contribution is 6.31. The van der Waals surface area contributed by atoms with Crippen molar-refractivity contribution in [1.82, 2.24) is 5.32 Å². The Morgan fingerprint density at radius 2 is 1.95 bits per heavy atom. The average Bonchev–Trinajstić information content (AvgIpc) is 3.27. The summed E-state index contributed by atoms with van der Waals surface area (Å²) in [4.78, 5) is 0. The summed E-state index contributed by atoms with van der Waals surface area (Å²) >= 11 is 6.15. The molecule has 2 fully saturated rings. The van der Waals surface area contributed by atoms with Crippen LogP contribution in [0.4, 0.5) is 4.39 Å². The van der Waals surface area contributed by atoms with Gasteiger partial charge in [-0.15, -0.1) is 0 Å². The largest absolute Gasteiger partial charge is 0.313 e. The van der Waals surface area contributed by atoms with Crippen LogP contribution in [0.25, 0.3) is 0 Å². The number of rotatable bonds is 5. The highest BCUT2D eigenvalue weighted by Gasteiger charge is 2.34. The van der Waals surface area contributed by atoms with Crippen LogP contribution < -0.4 is 5.32 Å². The molecule has 1 aromatic rings. The van der Waals surface area contributed by atoms with Gasteiger partial charge in [0.1, 0.15) is 5.82 Å². The summed E-state index contributed by atoms with van der Waals surface area (Å²) in [6.45, 7) is 1.06. The molecule has 0 spiro atoms. The molecule has 0 aliphatic heterocycles. The van der Waals surface area contributed by atoms with Gasteiger partial charge < -0.3 is 5.32 Å². The zero-order chi connectivity index (χ0) is 14.0. The fourth-order valence-electron chi connectivity index (χ4n) is 3.46. The average molecular weight is 296 g/mol. The van der Waals surface area contributed by atoms with Crippen LogP contribution in [0, 0.1) is 11.2 Å². The van der Waals surface area contributed by atoms with E-state index in [1.165, 1.54) is 51.0 Å². The number of nitrogens with one attached hydrogen (secondary N) is 1. The number of hydrogen-bond donors (Lipinski definition) is 1. The molecule has 0 bridgehead atoms. The summed E-state index contributed by atoms with van der Waals surface area (Å²) in [7, 11) is 0. The van der Waals surface area contributed by atoms with Gasteiger partial charge in [0.05, 0.1) is 5.02 Å². The second kappa shape index (κ2) is 6.03. The molecule has 1 nitrogen and oxygen atoms in total. The zero-order valence-corrected chi connectivity index (χ0v) is 12.7. The maximum Gasteiger partial charge on any atom is 0.142 e. The molecule has 2 aliphatic carbocycles. The van der Waals surface area contributed by atoms with E-state index in [-0.39, 0.29) is 11.2 Å². The maximum atomic E-state index is 13.6. The predicted octanol–water partition coefficient (Wildman–Crippen LogP) is 4.72. The van der Waals surface area contributed by atoms with Crippen LogP contribution in [-0.2, 0) is 6.42 Å². The van der Waals surface area contributed by atoms with Gasteiger partial charge in [-0.3, -0.25) is 0 Å². The molecule has 2 saturated carbocycles. The van der Waals surface area contributed by atoms with Crippen molar-refractivity contribution in [3.63, 3.8) is 0 Å². The second-order valence-corrected chi connectivity index (χ2v) is 6.98. The van der Waals surface area contributed by atoms with E-state index in [0.29, 0.717) is 5.02 Å². The Morgan fingerprint density at radius 1 is 1.20 bits per heavy atom. The van der Waals surface area contributed by atoms with Crippen molar-refractivity contribution in [2.45, 2.75) is 57.4 Å². The molecule has 1 aromatic carbocycles. The lowest BCUT2D eigenvalue weighted by molar-refractivity contribution is 0.180. The molecule has 2 aliphatic rings. The highest BCUT2D eigenvalue weighted by atomic mass is 35.5. The van der Waals surface area contributed by atoms with E-state index in [9.17, 15) is 4.39 Å². The molecular formula is C17H23ClFN. The van der Waals surface area contributed by atoms with E-state index < -0.39 is 0 Å². The molecule has 0 atom stereocenters. The van der Waals surface area contributed by atoms with Gasteiger partial charge >= 0.3 is 0 Å². The van der Waals surface area contributed by atoms with Crippen molar-refractivity contribution in [3.8, 4) is 0 Å². The van der Waals surface area contributed by atoms with Crippen molar-refractivity contribution in [2.75, 3.05) is 6.54 Å². The molecule has 0 unspecified atom stereocenters. The molecular weight excluding hydrogens is 273 g/mol. The van der Waals surface area contributed by atoms with Gasteiger partial charge in [0.15, 0.2) is 0 Å². The fourth-order valence-corrected chi connectivity index (χ4v) is 3.65. The Balaban J connectivity index is 1.75. The van der Waals surface area contributed by atoms with Crippen LogP contribution >= 0.6 is 11.6 Å². The first kappa shape index (κ1) is 14.3. The van der Waals surface area contributed by atoms with Crippen LogP contribution in [0.3, 0.4) is 0 Å². The SMILES string of the molecule is Fc1cccc(CC2(CNC3CC3)CCCCC2)c1Cl. The van der Waals surface area contributed by atoms with Crippen LogP contribution in [0.1, 0.15) is 50.5 Å². The van der Waals surface area contributed by atoms with Gasteiger partial charge in [0.25, 0.3) is 0 Å². The van der Waals surface area contributed by atoms with Gasteiger partial charge in [-0.05, 0) is 49.1 Å². The van der Waals surface area contributed by atoms with Crippen LogP contribution in [0.15, 0.2) is 18.2 Å². The maximum absolute atomic E-state index is 13.6. The van der Waals surface area contributed by atoms with Crippen molar-refractivity contribution >= 4 is 11.6 Å². The van der Waals surface area contributed by atoms with E-state index in [0.717, 1.165) is 24.6 Å². The van der Waals surface area contributed by atoms with Crippen LogP contribution in [0.5, 0.6) is 0 Å².